The Morgan fingerprint density at radius 3 is 2.88 bits per heavy atom. The lowest BCUT2D eigenvalue weighted by Gasteiger charge is -2.34. The second-order valence-electron chi connectivity index (χ2n) is 5.92. The van der Waals surface area contributed by atoms with Gasteiger partial charge in [0.2, 0.25) is 6.86 Å². The molecule has 126 valence electrons. The summed E-state index contributed by atoms with van der Waals surface area (Å²) in [6, 6.07) is 7.70. The molecule has 0 N–H and O–H groups in total. The van der Waals surface area contributed by atoms with Crippen LogP contribution >= 0.6 is 11.8 Å². The molecule has 1 aliphatic rings. The van der Waals surface area contributed by atoms with E-state index in [4.69, 9.17) is 4.74 Å². The van der Waals surface area contributed by atoms with Crippen molar-refractivity contribution in [1.82, 2.24) is 4.98 Å². The van der Waals surface area contributed by atoms with Gasteiger partial charge in [-0.1, -0.05) is 12.1 Å². The average Bonchev–Trinajstić information content (AvgIpc) is 2.62. The van der Waals surface area contributed by atoms with E-state index < -0.39 is 6.86 Å². The third-order valence-corrected chi connectivity index (χ3v) is 5.30. The molecule has 0 bridgehead atoms. The van der Waals surface area contributed by atoms with Gasteiger partial charge in [0.15, 0.2) is 0 Å². The molecule has 0 saturated carbocycles. The smallest absolute Gasteiger partial charge is 0.228 e. The number of halogens is 1. The number of pyridine rings is 1. The van der Waals surface area contributed by atoms with E-state index in [-0.39, 0.29) is 0 Å². The van der Waals surface area contributed by atoms with Crippen molar-refractivity contribution in [1.29, 1.82) is 5.26 Å². The van der Waals surface area contributed by atoms with Crippen LogP contribution in [0.3, 0.4) is 0 Å². The number of aromatic nitrogens is 1. The molecule has 1 fully saturated rings. The van der Waals surface area contributed by atoms with E-state index >= 15 is 0 Å². The lowest BCUT2D eigenvalue weighted by molar-refractivity contribution is 0.193. The molecule has 0 amide bonds. The van der Waals surface area contributed by atoms with Crippen LogP contribution in [-0.2, 0) is 0 Å². The molecular formula is C18H20FN3OS. The Kier molecular flexibility index (Phi) is 5.41. The molecule has 4 nitrogen and oxygen atoms in total. The van der Waals surface area contributed by atoms with Crippen molar-refractivity contribution in [2.75, 3.05) is 36.9 Å². The first kappa shape index (κ1) is 16.8. The number of piperidine rings is 1. The lowest BCUT2D eigenvalue weighted by atomic mass is 9.97. The molecule has 0 aliphatic carbocycles. The van der Waals surface area contributed by atoms with Crippen molar-refractivity contribution in [2.24, 2.45) is 5.92 Å². The Hall–Kier alpha value is -2.00. The fourth-order valence-corrected chi connectivity index (χ4v) is 4.14. The summed E-state index contributed by atoms with van der Waals surface area (Å²) in [4.78, 5) is 6.59. The highest BCUT2D eigenvalue weighted by atomic mass is 32.2. The van der Waals surface area contributed by atoms with Gasteiger partial charge in [0.25, 0.3) is 0 Å². The second kappa shape index (κ2) is 7.71. The van der Waals surface area contributed by atoms with Gasteiger partial charge in [-0.25, -0.2) is 4.39 Å². The maximum absolute atomic E-state index is 12.6. The number of benzene rings is 1. The van der Waals surface area contributed by atoms with Gasteiger partial charge in [-0.2, -0.15) is 17.0 Å². The predicted molar refractivity (Wildman–Crippen MR) is 96.4 cm³/mol. The topological polar surface area (TPSA) is 49.2 Å². The highest BCUT2D eigenvalue weighted by molar-refractivity contribution is 7.98. The quantitative estimate of drug-likeness (QED) is 0.820. The Labute approximate surface area is 145 Å². The van der Waals surface area contributed by atoms with Crippen LogP contribution < -0.4 is 9.64 Å². The van der Waals surface area contributed by atoms with E-state index in [9.17, 15) is 9.65 Å². The van der Waals surface area contributed by atoms with Crippen LogP contribution in [0.25, 0.3) is 10.9 Å². The first-order valence-electron chi connectivity index (χ1n) is 8.03. The van der Waals surface area contributed by atoms with Gasteiger partial charge in [0, 0.05) is 24.7 Å². The number of thioether (sulfide) groups is 1. The minimum absolute atomic E-state index is 0.415. The van der Waals surface area contributed by atoms with E-state index in [0.29, 0.717) is 16.8 Å². The van der Waals surface area contributed by atoms with E-state index in [2.05, 4.69) is 22.2 Å². The third kappa shape index (κ3) is 3.27. The summed E-state index contributed by atoms with van der Waals surface area (Å²) in [5, 5.41) is 10.4. The van der Waals surface area contributed by atoms with Gasteiger partial charge >= 0.3 is 0 Å². The van der Waals surface area contributed by atoms with E-state index in [0.717, 1.165) is 42.9 Å². The SMILES string of the molecule is CSCC1CCN(c2c(C#N)cnc3c(OCF)cccc23)CC1. The number of ether oxygens (including phenoxy) is 1. The van der Waals surface area contributed by atoms with Crippen LogP contribution in [0, 0.1) is 17.2 Å². The van der Waals surface area contributed by atoms with Crippen LogP contribution in [0.2, 0.25) is 0 Å². The molecule has 24 heavy (non-hydrogen) atoms. The molecule has 1 aromatic heterocycles. The number of fused-ring (bicyclic) bond motifs is 1. The fourth-order valence-electron chi connectivity index (χ4n) is 3.34. The Balaban J connectivity index is 2.00. The summed E-state index contributed by atoms with van der Waals surface area (Å²) in [5.41, 5.74) is 2.06. The lowest BCUT2D eigenvalue weighted by Crippen LogP contribution is -2.35. The van der Waals surface area contributed by atoms with Crippen LogP contribution in [-0.4, -0.2) is 36.9 Å². The zero-order chi connectivity index (χ0) is 16.9. The van der Waals surface area contributed by atoms with Crippen LogP contribution in [0.4, 0.5) is 10.1 Å². The number of hydrogen-bond donors (Lipinski definition) is 0. The standard InChI is InChI=1S/C18H20FN3OS/c1-24-11-13-5-7-22(8-6-13)18-14(9-20)10-21-17-15(18)3-2-4-16(17)23-12-19/h2-4,10,13H,5-8,11-12H2,1H3. The molecule has 2 heterocycles. The highest BCUT2D eigenvalue weighted by Gasteiger charge is 2.23. The van der Waals surface area contributed by atoms with E-state index in [1.807, 2.05) is 23.9 Å². The summed E-state index contributed by atoms with van der Waals surface area (Å²) < 4.78 is 17.7. The van der Waals surface area contributed by atoms with Crippen molar-refractivity contribution < 1.29 is 9.13 Å². The first-order chi connectivity index (χ1) is 11.8. The molecule has 3 rings (SSSR count). The number of anilines is 1. The molecule has 1 aromatic carbocycles. The van der Waals surface area contributed by atoms with Crippen molar-refractivity contribution >= 4 is 28.4 Å². The molecule has 1 saturated heterocycles. The minimum Gasteiger partial charge on any atom is -0.461 e. The van der Waals surface area contributed by atoms with Crippen molar-refractivity contribution in [3.05, 3.63) is 30.0 Å². The second-order valence-corrected chi connectivity index (χ2v) is 6.83. The van der Waals surface area contributed by atoms with Crippen LogP contribution in [0.1, 0.15) is 18.4 Å². The number of rotatable bonds is 5. The van der Waals surface area contributed by atoms with Crippen molar-refractivity contribution in [3.63, 3.8) is 0 Å². The summed E-state index contributed by atoms with van der Waals surface area (Å²) in [7, 11) is 0. The van der Waals surface area contributed by atoms with Crippen molar-refractivity contribution in [3.8, 4) is 11.8 Å². The normalized spacial score (nSPS) is 15.5. The van der Waals surface area contributed by atoms with Crippen LogP contribution in [0.15, 0.2) is 24.4 Å². The Morgan fingerprint density at radius 2 is 2.21 bits per heavy atom. The predicted octanol–water partition coefficient (Wildman–Crippen LogP) is 3.99. The number of alkyl halides is 1. The molecule has 0 unspecified atom stereocenters. The maximum atomic E-state index is 12.6. The van der Waals surface area contributed by atoms with Gasteiger partial charge in [-0.3, -0.25) is 4.98 Å². The number of hydrogen-bond acceptors (Lipinski definition) is 5. The highest BCUT2D eigenvalue weighted by Crippen LogP contribution is 2.36. The van der Waals surface area contributed by atoms with Crippen molar-refractivity contribution in [2.45, 2.75) is 12.8 Å². The zero-order valence-corrected chi connectivity index (χ0v) is 14.5. The average molecular weight is 345 g/mol. The van der Waals surface area contributed by atoms with Gasteiger partial charge < -0.3 is 9.64 Å². The number of nitriles is 1. The molecule has 0 atom stereocenters. The third-order valence-electron chi connectivity index (χ3n) is 4.50. The monoisotopic (exact) mass is 345 g/mol. The Morgan fingerprint density at radius 1 is 1.42 bits per heavy atom. The maximum Gasteiger partial charge on any atom is 0.228 e. The molecule has 0 radical (unpaired) electrons. The molecule has 2 aromatic rings. The largest absolute Gasteiger partial charge is 0.461 e. The molecular weight excluding hydrogens is 325 g/mol. The first-order valence-corrected chi connectivity index (χ1v) is 9.42. The van der Waals surface area contributed by atoms with Gasteiger partial charge in [0.1, 0.15) is 17.3 Å². The van der Waals surface area contributed by atoms with Gasteiger partial charge in [-0.05, 0) is 36.8 Å². The summed E-state index contributed by atoms with van der Waals surface area (Å²) >= 11 is 1.89. The molecule has 6 heteroatoms. The summed E-state index contributed by atoms with van der Waals surface area (Å²) in [6.45, 7) is 0.955. The molecule has 1 aliphatic heterocycles. The fraction of sp³-hybridized carbons (Fsp3) is 0.444. The number of para-hydroxylation sites is 1. The van der Waals surface area contributed by atoms with Gasteiger partial charge in [-0.15, -0.1) is 0 Å². The summed E-state index contributed by atoms with van der Waals surface area (Å²) in [6.07, 6.45) is 5.95. The minimum atomic E-state index is -0.893. The van der Waals surface area contributed by atoms with E-state index in [1.54, 1.807) is 12.3 Å². The Bertz CT molecular complexity index is 754. The zero-order valence-electron chi connectivity index (χ0n) is 13.7. The van der Waals surface area contributed by atoms with E-state index in [1.165, 1.54) is 5.75 Å². The van der Waals surface area contributed by atoms with Gasteiger partial charge in [0.05, 0.1) is 11.3 Å². The summed E-state index contributed by atoms with van der Waals surface area (Å²) in [5.74, 6) is 2.34. The number of nitrogens with zero attached hydrogens (tertiary/aromatic N) is 3. The molecule has 0 spiro atoms. The van der Waals surface area contributed by atoms with Crippen LogP contribution in [0.5, 0.6) is 5.75 Å².